The zero-order valence-corrected chi connectivity index (χ0v) is 18.2. The Morgan fingerprint density at radius 3 is 2.36 bits per heavy atom. The number of carbonyl (C=O) groups is 1. The highest BCUT2D eigenvalue weighted by Gasteiger charge is 2.15. The number of carbonyl (C=O) groups excluding carboxylic acids is 1. The van der Waals surface area contributed by atoms with Gasteiger partial charge in [-0.25, -0.2) is 4.79 Å². The van der Waals surface area contributed by atoms with Crippen LogP contribution in [0, 0.1) is 0 Å². The molecule has 1 aromatic carbocycles. The number of thioether (sulfide) groups is 1. The van der Waals surface area contributed by atoms with Crippen LogP contribution >= 0.6 is 11.8 Å². The molecule has 1 aliphatic heterocycles. The molecule has 0 saturated carbocycles. The second kappa shape index (κ2) is 11.0. The van der Waals surface area contributed by atoms with Gasteiger partial charge in [0.2, 0.25) is 0 Å². The third kappa shape index (κ3) is 8.29. The zero-order valence-electron chi connectivity index (χ0n) is 17.4. The zero-order chi connectivity index (χ0) is 20.4. The molecule has 0 radical (unpaired) electrons. The maximum absolute atomic E-state index is 11.6. The van der Waals surface area contributed by atoms with Gasteiger partial charge in [-0.15, -0.1) is 0 Å². The largest absolute Gasteiger partial charge is 0.444 e. The fourth-order valence-corrected chi connectivity index (χ4v) is 3.62. The second-order valence-electron chi connectivity index (χ2n) is 7.55. The molecule has 0 aliphatic carbocycles. The van der Waals surface area contributed by atoms with Crippen molar-refractivity contribution >= 4 is 29.5 Å². The Balaban J connectivity index is 1.68. The predicted molar refractivity (Wildman–Crippen MR) is 118 cm³/mol. The molecule has 0 aromatic heterocycles. The quantitative estimate of drug-likeness (QED) is 0.382. The molecule has 0 bridgehead atoms. The summed E-state index contributed by atoms with van der Waals surface area (Å²) >= 11 is 2.02. The van der Waals surface area contributed by atoms with Crippen molar-refractivity contribution in [2.45, 2.75) is 32.9 Å². The van der Waals surface area contributed by atoms with Gasteiger partial charge in [-0.1, -0.05) is 12.1 Å². The maximum Gasteiger partial charge on any atom is 0.407 e. The van der Waals surface area contributed by atoms with E-state index in [-0.39, 0.29) is 0 Å². The van der Waals surface area contributed by atoms with Gasteiger partial charge in [-0.2, -0.15) is 11.8 Å². The van der Waals surface area contributed by atoms with Gasteiger partial charge >= 0.3 is 6.09 Å². The van der Waals surface area contributed by atoms with Crippen LogP contribution in [0.25, 0.3) is 0 Å². The van der Waals surface area contributed by atoms with Crippen LogP contribution < -0.4 is 20.9 Å². The summed E-state index contributed by atoms with van der Waals surface area (Å²) in [6.45, 7) is 9.48. The average Bonchev–Trinajstić information content (AvgIpc) is 2.67. The van der Waals surface area contributed by atoms with Gasteiger partial charge in [0, 0.05) is 57.0 Å². The first-order valence-electron chi connectivity index (χ1n) is 9.70. The fraction of sp³-hybridized carbons (Fsp3) is 0.600. The number of alkyl carbamates (subject to hydrolysis) is 1. The summed E-state index contributed by atoms with van der Waals surface area (Å²) in [5, 5.41) is 9.19. The van der Waals surface area contributed by atoms with Crippen molar-refractivity contribution in [3.63, 3.8) is 0 Å². The van der Waals surface area contributed by atoms with E-state index in [9.17, 15) is 4.79 Å². The molecule has 1 heterocycles. The number of guanidine groups is 1. The Morgan fingerprint density at radius 2 is 1.75 bits per heavy atom. The van der Waals surface area contributed by atoms with E-state index in [2.05, 4.69) is 50.1 Å². The van der Waals surface area contributed by atoms with Crippen LogP contribution in [0.15, 0.2) is 29.3 Å². The standard InChI is InChI=1S/C20H33N5O2S/c1-20(2,3)27-19(26)23-10-9-22-18(21-4)24-15-16-5-7-17(8-6-16)25-11-13-28-14-12-25/h5-8H,9-15H2,1-4H3,(H,23,26)(H2,21,22,24). The lowest BCUT2D eigenvalue weighted by Gasteiger charge is -2.28. The minimum atomic E-state index is -0.488. The first-order valence-corrected chi connectivity index (χ1v) is 10.9. The smallest absolute Gasteiger partial charge is 0.407 e. The lowest BCUT2D eigenvalue weighted by atomic mass is 10.2. The summed E-state index contributed by atoms with van der Waals surface area (Å²) in [5.74, 6) is 3.10. The van der Waals surface area contributed by atoms with Crippen molar-refractivity contribution < 1.29 is 9.53 Å². The predicted octanol–water partition coefficient (Wildman–Crippen LogP) is 2.43. The summed E-state index contributed by atoms with van der Waals surface area (Å²) < 4.78 is 5.20. The molecule has 28 heavy (non-hydrogen) atoms. The van der Waals surface area contributed by atoms with Crippen LogP contribution in [0.2, 0.25) is 0 Å². The van der Waals surface area contributed by atoms with E-state index >= 15 is 0 Å². The topological polar surface area (TPSA) is 78.0 Å². The molecule has 3 N–H and O–H groups in total. The van der Waals surface area contributed by atoms with Crippen LogP contribution in [0.4, 0.5) is 10.5 Å². The van der Waals surface area contributed by atoms with E-state index in [4.69, 9.17) is 4.74 Å². The van der Waals surface area contributed by atoms with Crippen molar-refractivity contribution in [1.82, 2.24) is 16.0 Å². The number of benzene rings is 1. The van der Waals surface area contributed by atoms with Crippen LogP contribution in [-0.2, 0) is 11.3 Å². The van der Waals surface area contributed by atoms with Crippen molar-refractivity contribution in [2.24, 2.45) is 4.99 Å². The van der Waals surface area contributed by atoms with Crippen molar-refractivity contribution in [3.05, 3.63) is 29.8 Å². The van der Waals surface area contributed by atoms with Crippen LogP contribution in [0.5, 0.6) is 0 Å². The Labute approximate surface area is 172 Å². The minimum Gasteiger partial charge on any atom is -0.444 e. The lowest BCUT2D eigenvalue weighted by molar-refractivity contribution is 0.0529. The molecule has 2 rings (SSSR count). The van der Waals surface area contributed by atoms with E-state index in [0.29, 0.717) is 25.6 Å². The third-order valence-corrected chi connectivity index (χ3v) is 5.02. The third-order valence-electron chi connectivity index (χ3n) is 4.08. The van der Waals surface area contributed by atoms with Crippen LogP contribution in [0.3, 0.4) is 0 Å². The Hall–Kier alpha value is -2.09. The molecule has 0 unspecified atom stereocenters. The molecule has 0 spiro atoms. The van der Waals surface area contributed by atoms with Crippen LogP contribution in [0.1, 0.15) is 26.3 Å². The van der Waals surface area contributed by atoms with Gasteiger partial charge in [0.15, 0.2) is 5.96 Å². The molecular weight excluding hydrogens is 374 g/mol. The lowest BCUT2D eigenvalue weighted by Crippen LogP contribution is -2.42. The molecule has 1 amide bonds. The van der Waals surface area contributed by atoms with Crippen LogP contribution in [-0.4, -0.2) is 62.4 Å². The Morgan fingerprint density at radius 1 is 1.11 bits per heavy atom. The van der Waals surface area contributed by atoms with Gasteiger partial charge in [-0.05, 0) is 38.5 Å². The fourth-order valence-electron chi connectivity index (χ4n) is 2.71. The van der Waals surface area contributed by atoms with Gasteiger partial charge < -0.3 is 25.6 Å². The SMILES string of the molecule is CN=C(NCCNC(=O)OC(C)(C)C)NCc1ccc(N2CCSCC2)cc1. The highest BCUT2D eigenvalue weighted by atomic mass is 32.2. The van der Waals surface area contributed by atoms with E-state index in [0.717, 1.165) is 13.1 Å². The van der Waals surface area contributed by atoms with Crippen molar-refractivity contribution in [3.8, 4) is 0 Å². The van der Waals surface area contributed by atoms with Crippen molar-refractivity contribution in [1.29, 1.82) is 0 Å². The average molecular weight is 408 g/mol. The number of nitrogens with one attached hydrogen (secondary N) is 3. The molecule has 7 nitrogen and oxygen atoms in total. The molecule has 1 aliphatic rings. The molecule has 1 aromatic rings. The molecule has 1 fully saturated rings. The maximum atomic E-state index is 11.6. The molecular formula is C20H33N5O2S. The highest BCUT2D eigenvalue weighted by molar-refractivity contribution is 7.99. The minimum absolute atomic E-state index is 0.412. The Kier molecular flexibility index (Phi) is 8.76. The molecule has 156 valence electrons. The van der Waals surface area contributed by atoms with Gasteiger partial charge in [0.1, 0.15) is 5.60 Å². The second-order valence-corrected chi connectivity index (χ2v) is 8.77. The first kappa shape index (κ1) is 22.2. The van der Waals surface area contributed by atoms with E-state index in [1.165, 1.54) is 22.8 Å². The number of hydrogen-bond donors (Lipinski definition) is 3. The number of ether oxygens (including phenoxy) is 1. The van der Waals surface area contributed by atoms with E-state index in [1.54, 1.807) is 7.05 Å². The number of nitrogens with zero attached hydrogens (tertiary/aromatic N) is 2. The number of amides is 1. The van der Waals surface area contributed by atoms with Gasteiger partial charge in [0.05, 0.1) is 0 Å². The Bertz CT molecular complexity index is 637. The van der Waals surface area contributed by atoms with E-state index in [1.807, 2.05) is 32.5 Å². The van der Waals surface area contributed by atoms with Gasteiger partial charge in [0.25, 0.3) is 0 Å². The molecule has 0 atom stereocenters. The first-order chi connectivity index (χ1) is 13.4. The summed E-state index contributed by atoms with van der Waals surface area (Å²) in [4.78, 5) is 18.3. The van der Waals surface area contributed by atoms with E-state index < -0.39 is 11.7 Å². The number of anilines is 1. The molecule has 8 heteroatoms. The number of rotatable bonds is 6. The summed E-state index contributed by atoms with van der Waals surface area (Å²) in [7, 11) is 1.73. The summed E-state index contributed by atoms with van der Waals surface area (Å²) in [6, 6.07) is 8.69. The number of aliphatic imine (C=N–C) groups is 1. The molecule has 1 saturated heterocycles. The van der Waals surface area contributed by atoms with Crippen molar-refractivity contribution in [2.75, 3.05) is 49.6 Å². The van der Waals surface area contributed by atoms with Gasteiger partial charge in [-0.3, -0.25) is 4.99 Å². The normalized spacial score (nSPS) is 15.1. The number of hydrogen-bond acceptors (Lipinski definition) is 5. The summed E-state index contributed by atoms with van der Waals surface area (Å²) in [6.07, 6.45) is -0.412. The monoisotopic (exact) mass is 407 g/mol. The summed E-state index contributed by atoms with van der Waals surface area (Å²) in [5.41, 5.74) is 2.00. The highest BCUT2D eigenvalue weighted by Crippen LogP contribution is 2.19.